The Labute approximate surface area is 148 Å². The van der Waals surface area contributed by atoms with Crippen LogP contribution in [0.1, 0.15) is 11.1 Å². The monoisotopic (exact) mass is 392 g/mol. The largest absolute Gasteiger partial charge is 0.496 e. The highest BCUT2D eigenvalue weighted by molar-refractivity contribution is 9.10. The first-order valence-electron chi connectivity index (χ1n) is 6.93. The van der Waals surface area contributed by atoms with Gasteiger partial charge in [-0.2, -0.15) is 5.10 Å². The first-order chi connectivity index (χ1) is 11.1. The van der Waals surface area contributed by atoms with Gasteiger partial charge in [0.05, 0.1) is 19.1 Å². The Morgan fingerprint density at radius 1 is 1.30 bits per heavy atom. The molecule has 0 saturated heterocycles. The Bertz CT molecular complexity index is 702. The molecule has 23 heavy (non-hydrogen) atoms. The second-order valence-electron chi connectivity index (χ2n) is 4.78. The number of ether oxygens (including phenoxy) is 1. The van der Waals surface area contributed by atoms with E-state index >= 15 is 0 Å². The molecule has 1 amide bonds. The topological polar surface area (TPSA) is 50.7 Å². The van der Waals surface area contributed by atoms with Crippen molar-refractivity contribution in [2.45, 2.75) is 11.8 Å². The Kier molecular flexibility index (Phi) is 6.67. The third kappa shape index (κ3) is 5.73. The zero-order chi connectivity index (χ0) is 16.7. The molecule has 0 aliphatic carbocycles. The third-order valence-corrected chi connectivity index (χ3v) is 4.48. The number of hydrogen-bond acceptors (Lipinski definition) is 4. The summed E-state index contributed by atoms with van der Waals surface area (Å²) in [7, 11) is 1.59. The fraction of sp³-hybridized carbons (Fsp3) is 0.176. The molecule has 6 heteroatoms. The van der Waals surface area contributed by atoms with E-state index in [0.29, 0.717) is 11.5 Å². The fourth-order valence-electron chi connectivity index (χ4n) is 1.80. The van der Waals surface area contributed by atoms with Crippen molar-refractivity contribution < 1.29 is 9.53 Å². The standard InChI is InChI=1S/C17H17BrN2O2S/c1-12-3-6-15(7-4-12)23-11-17(21)20-19-10-13-9-14(18)5-8-16(13)22-2/h3-10H,11H2,1-2H3,(H,20,21)/b19-10-. The number of amides is 1. The Morgan fingerprint density at radius 3 is 2.74 bits per heavy atom. The molecule has 0 saturated carbocycles. The molecule has 4 nitrogen and oxygen atoms in total. The van der Waals surface area contributed by atoms with E-state index in [1.54, 1.807) is 13.3 Å². The number of aryl methyl sites for hydroxylation is 1. The minimum atomic E-state index is -0.152. The van der Waals surface area contributed by atoms with Crippen LogP contribution in [0.4, 0.5) is 0 Å². The molecule has 0 radical (unpaired) electrons. The molecule has 0 spiro atoms. The summed E-state index contributed by atoms with van der Waals surface area (Å²) in [6, 6.07) is 13.6. The van der Waals surface area contributed by atoms with Gasteiger partial charge in [-0.05, 0) is 37.3 Å². The average molecular weight is 393 g/mol. The summed E-state index contributed by atoms with van der Waals surface area (Å²) in [6.45, 7) is 2.03. The van der Waals surface area contributed by atoms with E-state index in [-0.39, 0.29) is 5.91 Å². The maximum atomic E-state index is 11.8. The molecule has 0 heterocycles. The number of thioether (sulfide) groups is 1. The van der Waals surface area contributed by atoms with E-state index in [1.165, 1.54) is 17.3 Å². The Balaban J connectivity index is 1.86. The molecule has 2 aromatic rings. The summed E-state index contributed by atoms with van der Waals surface area (Å²) in [6.07, 6.45) is 1.57. The summed E-state index contributed by atoms with van der Waals surface area (Å²) in [4.78, 5) is 12.9. The number of carbonyl (C=O) groups excluding carboxylic acids is 1. The molecule has 0 aliphatic heterocycles. The van der Waals surface area contributed by atoms with Gasteiger partial charge in [-0.25, -0.2) is 5.43 Å². The van der Waals surface area contributed by atoms with Crippen molar-refractivity contribution in [1.82, 2.24) is 5.43 Å². The van der Waals surface area contributed by atoms with Crippen LogP contribution in [0, 0.1) is 6.92 Å². The number of hydrogen-bond donors (Lipinski definition) is 1. The van der Waals surface area contributed by atoms with Crippen LogP contribution in [0.25, 0.3) is 0 Å². The van der Waals surface area contributed by atoms with Gasteiger partial charge in [0.2, 0.25) is 5.91 Å². The SMILES string of the molecule is COc1ccc(Br)cc1/C=N\NC(=O)CSc1ccc(C)cc1. The number of nitrogens with zero attached hydrogens (tertiary/aromatic N) is 1. The van der Waals surface area contributed by atoms with Gasteiger partial charge in [-0.3, -0.25) is 4.79 Å². The van der Waals surface area contributed by atoms with Crippen LogP contribution in [-0.4, -0.2) is 25.0 Å². The molecule has 2 rings (SSSR count). The molecule has 0 aromatic heterocycles. The summed E-state index contributed by atoms with van der Waals surface area (Å²) in [5.74, 6) is 0.858. The van der Waals surface area contributed by atoms with Crippen molar-refractivity contribution in [3.8, 4) is 5.75 Å². The predicted molar refractivity (Wildman–Crippen MR) is 98.3 cm³/mol. The summed E-state index contributed by atoms with van der Waals surface area (Å²) in [5.41, 5.74) is 4.51. The summed E-state index contributed by atoms with van der Waals surface area (Å²) in [5, 5.41) is 3.98. The molecule has 2 aromatic carbocycles. The lowest BCUT2D eigenvalue weighted by atomic mass is 10.2. The number of rotatable bonds is 6. The molecular weight excluding hydrogens is 376 g/mol. The van der Waals surface area contributed by atoms with E-state index in [0.717, 1.165) is 14.9 Å². The van der Waals surface area contributed by atoms with Crippen molar-refractivity contribution in [1.29, 1.82) is 0 Å². The van der Waals surface area contributed by atoms with Crippen molar-refractivity contribution in [2.24, 2.45) is 5.10 Å². The molecule has 120 valence electrons. The van der Waals surface area contributed by atoms with Gasteiger partial charge in [-0.15, -0.1) is 11.8 Å². The lowest BCUT2D eigenvalue weighted by Crippen LogP contribution is -2.19. The van der Waals surface area contributed by atoms with Crippen molar-refractivity contribution in [3.63, 3.8) is 0 Å². The van der Waals surface area contributed by atoms with Crippen LogP contribution < -0.4 is 10.2 Å². The lowest BCUT2D eigenvalue weighted by molar-refractivity contribution is -0.118. The highest BCUT2D eigenvalue weighted by Gasteiger charge is 2.03. The highest BCUT2D eigenvalue weighted by atomic mass is 79.9. The quantitative estimate of drug-likeness (QED) is 0.459. The van der Waals surface area contributed by atoms with Gasteiger partial charge in [0.25, 0.3) is 0 Å². The number of methoxy groups -OCH3 is 1. The second-order valence-corrected chi connectivity index (χ2v) is 6.75. The normalized spacial score (nSPS) is 10.7. The molecule has 0 aliphatic rings. The Morgan fingerprint density at radius 2 is 2.04 bits per heavy atom. The maximum absolute atomic E-state index is 11.8. The van der Waals surface area contributed by atoms with Gasteiger partial charge in [-0.1, -0.05) is 33.6 Å². The molecule has 0 bridgehead atoms. The minimum Gasteiger partial charge on any atom is -0.496 e. The smallest absolute Gasteiger partial charge is 0.250 e. The summed E-state index contributed by atoms with van der Waals surface area (Å²) < 4.78 is 6.16. The van der Waals surface area contributed by atoms with E-state index < -0.39 is 0 Å². The van der Waals surface area contributed by atoms with E-state index in [4.69, 9.17) is 4.74 Å². The van der Waals surface area contributed by atoms with E-state index in [2.05, 4.69) is 26.5 Å². The first kappa shape index (κ1) is 17.6. The number of benzene rings is 2. The van der Waals surface area contributed by atoms with Crippen molar-refractivity contribution in [3.05, 3.63) is 58.1 Å². The van der Waals surface area contributed by atoms with Crippen LogP contribution in [0.3, 0.4) is 0 Å². The first-order valence-corrected chi connectivity index (χ1v) is 8.71. The summed E-state index contributed by atoms with van der Waals surface area (Å²) >= 11 is 4.87. The second kappa shape index (κ2) is 8.74. The molecule has 0 unspecified atom stereocenters. The molecule has 1 N–H and O–H groups in total. The van der Waals surface area contributed by atoms with Crippen molar-refractivity contribution in [2.75, 3.05) is 12.9 Å². The fourth-order valence-corrected chi connectivity index (χ4v) is 2.87. The van der Waals surface area contributed by atoms with Gasteiger partial charge >= 0.3 is 0 Å². The molecule has 0 atom stereocenters. The molecular formula is C17H17BrN2O2S. The van der Waals surface area contributed by atoms with Gasteiger partial charge < -0.3 is 4.74 Å². The number of nitrogens with one attached hydrogen (secondary N) is 1. The van der Waals surface area contributed by atoms with Crippen LogP contribution in [0.2, 0.25) is 0 Å². The maximum Gasteiger partial charge on any atom is 0.250 e. The highest BCUT2D eigenvalue weighted by Crippen LogP contribution is 2.21. The van der Waals surface area contributed by atoms with Gasteiger partial charge in [0.15, 0.2) is 0 Å². The van der Waals surface area contributed by atoms with Crippen molar-refractivity contribution >= 4 is 39.8 Å². The Hall–Kier alpha value is -1.79. The number of carbonyl (C=O) groups is 1. The van der Waals surface area contributed by atoms with E-state index in [1.807, 2.05) is 49.4 Å². The van der Waals surface area contributed by atoms with Crippen LogP contribution >= 0.6 is 27.7 Å². The molecule has 0 fully saturated rings. The van der Waals surface area contributed by atoms with Crippen LogP contribution in [-0.2, 0) is 4.79 Å². The minimum absolute atomic E-state index is 0.152. The van der Waals surface area contributed by atoms with Crippen LogP contribution in [0.5, 0.6) is 5.75 Å². The number of halogens is 1. The van der Waals surface area contributed by atoms with E-state index in [9.17, 15) is 4.79 Å². The third-order valence-electron chi connectivity index (χ3n) is 2.98. The zero-order valence-corrected chi connectivity index (χ0v) is 15.3. The zero-order valence-electron chi connectivity index (χ0n) is 12.9. The lowest BCUT2D eigenvalue weighted by Gasteiger charge is -2.05. The van der Waals surface area contributed by atoms with Gasteiger partial charge in [0.1, 0.15) is 5.75 Å². The predicted octanol–water partition coefficient (Wildman–Crippen LogP) is 4.01. The number of hydrazone groups is 1. The average Bonchev–Trinajstić information content (AvgIpc) is 2.54. The van der Waals surface area contributed by atoms with Crippen LogP contribution in [0.15, 0.2) is 56.9 Å². The van der Waals surface area contributed by atoms with Gasteiger partial charge in [0, 0.05) is 14.9 Å².